The lowest BCUT2D eigenvalue weighted by atomic mass is 10.0. The molecule has 3 aromatic rings. The maximum Gasteiger partial charge on any atom is 0.337 e. The van der Waals surface area contributed by atoms with E-state index in [1.165, 1.54) is 7.11 Å². The highest BCUT2D eigenvalue weighted by molar-refractivity contribution is 7.80. The van der Waals surface area contributed by atoms with Gasteiger partial charge < -0.3 is 24.1 Å². The first-order valence-electron chi connectivity index (χ1n) is 10.4. The fraction of sp³-hybridized carbons (Fsp3) is 0.292. The van der Waals surface area contributed by atoms with Crippen molar-refractivity contribution in [1.29, 1.82) is 0 Å². The average molecular weight is 452 g/mol. The number of furan rings is 1. The Kier molecular flexibility index (Phi) is 6.82. The summed E-state index contributed by atoms with van der Waals surface area (Å²) in [6.07, 6.45) is 2.61. The molecule has 8 heteroatoms. The SMILES string of the molecule is COCCCN1C(=S)N[C@@H](c2ccccn2)[C@H]1c1ccc(-c2cccc(C(=O)OC)c2)o1. The first-order valence-corrected chi connectivity index (χ1v) is 10.8. The minimum atomic E-state index is -0.386. The molecule has 0 saturated carbocycles. The molecule has 1 fully saturated rings. The van der Waals surface area contributed by atoms with E-state index < -0.39 is 0 Å². The van der Waals surface area contributed by atoms with Crippen molar-refractivity contribution >= 4 is 23.3 Å². The summed E-state index contributed by atoms with van der Waals surface area (Å²) in [6.45, 7) is 1.37. The van der Waals surface area contributed by atoms with Crippen molar-refractivity contribution in [1.82, 2.24) is 15.2 Å². The average Bonchev–Trinajstić information content (AvgIpc) is 3.44. The van der Waals surface area contributed by atoms with Gasteiger partial charge in [-0.1, -0.05) is 18.2 Å². The second-order valence-corrected chi connectivity index (χ2v) is 7.83. The molecule has 0 radical (unpaired) electrons. The Bertz CT molecular complexity index is 1090. The van der Waals surface area contributed by atoms with Crippen LogP contribution in [0.4, 0.5) is 0 Å². The van der Waals surface area contributed by atoms with E-state index >= 15 is 0 Å². The predicted molar refractivity (Wildman–Crippen MR) is 124 cm³/mol. The van der Waals surface area contributed by atoms with E-state index in [0.717, 1.165) is 30.0 Å². The van der Waals surface area contributed by atoms with E-state index in [1.807, 2.05) is 42.5 Å². The zero-order valence-electron chi connectivity index (χ0n) is 18.0. The minimum absolute atomic E-state index is 0.147. The van der Waals surface area contributed by atoms with Gasteiger partial charge in [-0.05, 0) is 55.0 Å². The van der Waals surface area contributed by atoms with Crippen molar-refractivity contribution in [2.24, 2.45) is 0 Å². The van der Waals surface area contributed by atoms with E-state index in [2.05, 4.69) is 15.2 Å². The number of carbonyl (C=O) groups is 1. The Labute approximate surface area is 192 Å². The van der Waals surface area contributed by atoms with Crippen LogP contribution in [0.1, 0.15) is 40.3 Å². The lowest BCUT2D eigenvalue weighted by Gasteiger charge is -2.26. The van der Waals surface area contributed by atoms with Gasteiger partial charge in [-0.15, -0.1) is 0 Å². The van der Waals surface area contributed by atoms with Gasteiger partial charge in [0.2, 0.25) is 0 Å². The van der Waals surface area contributed by atoms with Gasteiger partial charge in [0.1, 0.15) is 17.6 Å². The predicted octanol–water partition coefficient (Wildman–Crippen LogP) is 4.14. The first kappa shape index (κ1) is 22.0. The number of methoxy groups -OCH3 is 2. The molecule has 1 aliphatic rings. The summed E-state index contributed by atoms with van der Waals surface area (Å²) >= 11 is 5.66. The minimum Gasteiger partial charge on any atom is -0.465 e. The molecule has 1 aliphatic heterocycles. The number of carbonyl (C=O) groups excluding carboxylic acids is 1. The third-order valence-electron chi connectivity index (χ3n) is 5.43. The molecule has 4 rings (SSSR count). The first-order chi connectivity index (χ1) is 15.6. The number of hydrogen-bond donors (Lipinski definition) is 1. The number of benzene rings is 1. The van der Waals surface area contributed by atoms with Gasteiger partial charge >= 0.3 is 5.97 Å². The number of nitrogens with zero attached hydrogens (tertiary/aromatic N) is 2. The number of pyridine rings is 1. The van der Waals surface area contributed by atoms with Crippen LogP contribution < -0.4 is 5.32 Å². The van der Waals surface area contributed by atoms with Crippen LogP contribution in [0.25, 0.3) is 11.3 Å². The van der Waals surface area contributed by atoms with Gasteiger partial charge in [0, 0.05) is 32.0 Å². The largest absolute Gasteiger partial charge is 0.465 e. The Morgan fingerprint density at radius 1 is 1.19 bits per heavy atom. The number of rotatable bonds is 8. The lowest BCUT2D eigenvalue weighted by Crippen LogP contribution is -2.31. The summed E-state index contributed by atoms with van der Waals surface area (Å²) < 4.78 is 16.4. The van der Waals surface area contributed by atoms with Crippen LogP contribution in [-0.2, 0) is 9.47 Å². The second kappa shape index (κ2) is 9.93. The molecule has 1 saturated heterocycles. The summed E-state index contributed by atoms with van der Waals surface area (Å²) in [5.74, 6) is 1.05. The Morgan fingerprint density at radius 2 is 2.06 bits per heavy atom. The van der Waals surface area contributed by atoms with E-state index in [1.54, 1.807) is 25.4 Å². The Balaban J connectivity index is 1.67. The zero-order chi connectivity index (χ0) is 22.5. The number of thiocarbonyl (C=S) groups is 1. The Hall–Kier alpha value is -3.23. The molecule has 0 bridgehead atoms. The van der Waals surface area contributed by atoms with Crippen LogP contribution in [0.15, 0.2) is 65.2 Å². The maximum absolute atomic E-state index is 11.9. The van der Waals surface area contributed by atoms with Gasteiger partial charge in [0.25, 0.3) is 0 Å². The van der Waals surface area contributed by atoms with Crippen LogP contribution >= 0.6 is 12.2 Å². The van der Waals surface area contributed by atoms with Crippen LogP contribution in [0.5, 0.6) is 0 Å². The third kappa shape index (κ3) is 4.51. The van der Waals surface area contributed by atoms with Gasteiger partial charge in [-0.2, -0.15) is 0 Å². The van der Waals surface area contributed by atoms with Crippen molar-refractivity contribution < 1.29 is 18.7 Å². The topological polar surface area (TPSA) is 76.8 Å². The number of aromatic nitrogens is 1. The van der Waals surface area contributed by atoms with Crippen LogP contribution in [0, 0.1) is 0 Å². The van der Waals surface area contributed by atoms with Gasteiger partial charge in [0.15, 0.2) is 5.11 Å². The molecule has 3 heterocycles. The van der Waals surface area contributed by atoms with Crippen molar-refractivity contribution in [3.05, 3.63) is 77.8 Å². The summed E-state index contributed by atoms with van der Waals surface area (Å²) in [7, 11) is 3.06. The maximum atomic E-state index is 11.9. The molecular formula is C24H25N3O4S. The highest BCUT2D eigenvalue weighted by Crippen LogP contribution is 2.40. The molecule has 1 aromatic carbocycles. The van der Waals surface area contributed by atoms with Gasteiger partial charge in [0.05, 0.1) is 24.4 Å². The molecule has 0 amide bonds. The van der Waals surface area contributed by atoms with Crippen molar-refractivity contribution in [3.8, 4) is 11.3 Å². The molecular weight excluding hydrogens is 426 g/mol. The number of nitrogens with one attached hydrogen (secondary N) is 1. The van der Waals surface area contributed by atoms with E-state index in [-0.39, 0.29) is 18.1 Å². The second-order valence-electron chi connectivity index (χ2n) is 7.44. The van der Waals surface area contributed by atoms with Gasteiger partial charge in [-0.25, -0.2) is 4.79 Å². The van der Waals surface area contributed by atoms with Crippen LogP contribution in [0.2, 0.25) is 0 Å². The number of esters is 1. The summed E-state index contributed by atoms with van der Waals surface area (Å²) in [6, 6.07) is 16.6. The molecule has 0 unspecified atom stereocenters. The molecule has 2 atom stereocenters. The highest BCUT2D eigenvalue weighted by Gasteiger charge is 2.41. The van der Waals surface area contributed by atoms with E-state index in [4.69, 9.17) is 26.1 Å². The third-order valence-corrected chi connectivity index (χ3v) is 5.78. The Morgan fingerprint density at radius 3 is 2.81 bits per heavy atom. The molecule has 7 nitrogen and oxygen atoms in total. The summed E-state index contributed by atoms with van der Waals surface area (Å²) in [4.78, 5) is 18.6. The highest BCUT2D eigenvalue weighted by atomic mass is 32.1. The van der Waals surface area contributed by atoms with Gasteiger partial charge in [-0.3, -0.25) is 4.98 Å². The van der Waals surface area contributed by atoms with E-state index in [9.17, 15) is 4.79 Å². The standard InChI is InChI=1S/C24H25N3O4S/c1-29-14-6-13-27-22(21(26-24(27)32)18-9-3-4-12-25-18)20-11-10-19(31-20)16-7-5-8-17(15-16)23(28)30-2/h3-5,7-12,15,21-22H,6,13-14H2,1-2H3,(H,26,32)/t21-,22+/m0/s1. The lowest BCUT2D eigenvalue weighted by molar-refractivity contribution is 0.0601. The number of ether oxygens (including phenoxy) is 2. The number of hydrogen-bond acceptors (Lipinski definition) is 6. The molecule has 1 N–H and O–H groups in total. The summed E-state index contributed by atoms with van der Waals surface area (Å²) in [5.41, 5.74) is 2.16. The molecule has 2 aromatic heterocycles. The summed E-state index contributed by atoms with van der Waals surface area (Å²) in [5, 5.41) is 4.07. The zero-order valence-corrected chi connectivity index (χ0v) is 18.8. The smallest absolute Gasteiger partial charge is 0.337 e. The fourth-order valence-corrected chi connectivity index (χ4v) is 4.25. The quantitative estimate of drug-likeness (QED) is 0.311. The molecule has 0 spiro atoms. The fourth-order valence-electron chi connectivity index (χ4n) is 3.92. The van der Waals surface area contributed by atoms with Crippen LogP contribution in [-0.4, -0.2) is 48.3 Å². The molecule has 0 aliphatic carbocycles. The monoisotopic (exact) mass is 451 g/mol. The van der Waals surface area contributed by atoms with Crippen molar-refractivity contribution in [2.75, 3.05) is 27.4 Å². The van der Waals surface area contributed by atoms with Crippen molar-refractivity contribution in [2.45, 2.75) is 18.5 Å². The molecule has 32 heavy (non-hydrogen) atoms. The molecule has 166 valence electrons. The normalized spacial score (nSPS) is 17.9. The van der Waals surface area contributed by atoms with E-state index in [0.29, 0.717) is 23.0 Å². The van der Waals surface area contributed by atoms with Crippen LogP contribution in [0.3, 0.4) is 0 Å². The van der Waals surface area contributed by atoms with Crippen molar-refractivity contribution in [3.63, 3.8) is 0 Å².